The summed E-state index contributed by atoms with van der Waals surface area (Å²) >= 11 is 0. The number of piperazine rings is 1. The number of nitrogens with two attached hydrogens (primary N) is 1. The molecule has 1 aromatic carbocycles. The fourth-order valence-electron chi connectivity index (χ4n) is 2.47. The molecule has 0 aromatic heterocycles. The van der Waals surface area contributed by atoms with Gasteiger partial charge in [-0.15, -0.1) is 0 Å². The number of anilines is 1. The molecule has 0 unspecified atom stereocenters. The quantitative estimate of drug-likeness (QED) is 0.865. The molecule has 3 nitrogen and oxygen atoms in total. The Morgan fingerprint density at radius 3 is 2.41 bits per heavy atom. The Hall–Kier alpha value is -1.06. The van der Waals surface area contributed by atoms with E-state index in [1.165, 1.54) is 11.3 Å². The molecule has 1 aliphatic heterocycles. The topological polar surface area (TPSA) is 32.5 Å². The second-order valence-electron chi connectivity index (χ2n) is 4.77. The summed E-state index contributed by atoms with van der Waals surface area (Å²) in [5.74, 6) is 0. The number of hydrogen-bond acceptors (Lipinski definition) is 3. The Balaban J connectivity index is 2.13. The van der Waals surface area contributed by atoms with E-state index in [9.17, 15) is 0 Å². The molecule has 0 radical (unpaired) electrons. The minimum atomic E-state index is 0.107. The SMILES string of the molecule is CCN1CCN(c2ccccc2[C@@H](C)N)CC1. The Kier molecular flexibility index (Phi) is 4.02. The van der Waals surface area contributed by atoms with E-state index in [2.05, 4.69) is 47.9 Å². The van der Waals surface area contributed by atoms with E-state index in [0.717, 1.165) is 32.7 Å². The number of benzene rings is 1. The van der Waals surface area contributed by atoms with Gasteiger partial charge in [-0.3, -0.25) is 0 Å². The minimum Gasteiger partial charge on any atom is -0.369 e. The lowest BCUT2D eigenvalue weighted by atomic mass is 10.1. The average Bonchev–Trinajstić information content (AvgIpc) is 2.39. The van der Waals surface area contributed by atoms with Crippen molar-refractivity contribution >= 4 is 5.69 Å². The van der Waals surface area contributed by atoms with Gasteiger partial charge in [-0.2, -0.15) is 0 Å². The molecule has 1 saturated heterocycles. The zero-order valence-corrected chi connectivity index (χ0v) is 10.9. The molecular formula is C14H23N3. The lowest BCUT2D eigenvalue weighted by Crippen LogP contribution is -2.46. The second kappa shape index (κ2) is 5.52. The maximum absolute atomic E-state index is 6.04. The Morgan fingerprint density at radius 1 is 1.18 bits per heavy atom. The summed E-state index contributed by atoms with van der Waals surface area (Å²) in [4.78, 5) is 4.95. The molecule has 1 aromatic rings. The molecule has 1 fully saturated rings. The van der Waals surface area contributed by atoms with Crippen LogP contribution in [0.25, 0.3) is 0 Å². The minimum absolute atomic E-state index is 0.107. The van der Waals surface area contributed by atoms with Crippen LogP contribution < -0.4 is 10.6 Å². The molecule has 1 atom stereocenters. The molecule has 94 valence electrons. The first-order chi connectivity index (χ1) is 8.22. The van der Waals surface area contributed by atoms with Crippen LogP contribution in [0.2, 0.25) is 0 Å². The average molecular weight is 233 g/mol. The molecule has 1 heterocycles. The molecule has 3 heteroatoms. The number of rotatable bonds is 3. The Morgan fingerprint density at radius 2 is 1.82 bits per heavy atom. The third-order valence-corrected chi connectivity index (χ3v) is 3.59. The predicted molar refractivity (Wildman–Crippen MR) is 73.4 cm³/mol. The fraction of sp³-hybridized carbons (Fsp3) is 0.571. The molecule has 0 bridgehead atoms. The van der Waals surface area contributed by atoms with E-state index in [1.54, 1.807) is 0 Å². The van der Waals surface area contributed by atoms with Crippen molar-refractivity contribution in [2.24, 2.45) is 5.73 Å². The van der Waals surface area contributed by atoms with Crippen molar-refractivity contribution in [3.63, 3.8) is 0 Å². The van der Waals surface area contributed by atoms with Gasteiger partial charge in [0.25, 0.3) is 0 Å². The van der Waals surface area contributed by atoms with Gasteiger partial charge in [-0.1, -0.05) is 25.1 Å². The summed E-state index contributed by atoms with van der Waals surface area (Å²) in [6.45, 7) is 9.97. The van der Waals surface area contributed by atoms with E-state index in [0.29, 0.717) is 0 Å². The van der Waals surface area contributed by atoms with Crippen molar-refractivity contribution in [2.45, 2.75) is 19.9 Å². The van der Waals surface area contributed by atoms with Gasteiger partial charge >= 0.3 is 0 Å². The zero-order valence-electron chi connectivity index (χ0n) is 10.9. The van der Waals surface area contributed by atoms with Crippen LogP contribution in [-0.2, 0) is 0 Å². The van der Waals surface area contributed by atoms with E-state index < -0.39 is 0 Å². The molecule has 2 N–H and O–H groups in total. The van der Waals surface area contributed by atoms with Gasteiger partial charge in [0.05, 0.1) is 0 Å². The number of para-hydroxylation sites is 1. The maximum atomic E-state index is 6.04. The fourth-order valence-corrected chi connectivity index (χ4v) is 2.47. The highest BCUT2D eigenvalue weighted by Crippen LogP contribution is 2.25. The first-order valence-electron chi connectivity index (χ1n) is 6.54. The van der Waals surface area contributed by atoms with Gasteiger partial charge in [-0.05, 0) is 25.1 Å². The number of hydrogen-bond donors (Lipinski definition) is 1. The molecule has 2 rings (SSSR count). The first kappa shape index (κ1) is 12.4. The standard InChI is InChI=1S/C14H23N3/c1-3-16-8-10-17(11-9-16)14-7-5-4-6-13(14)12(2)15/h4-7,12H,3,8-11,15H2,1-2H3/t12-/m1/s1. The van der Waals surface area contributed by atoms with Crippen LogP contribution in [0.4, 0.5) is 5.69 Å². The van der Waals surface area contributed by atoms with Crippen LogP contribution in [-0.4, -0.2) is 37.6 Å². The van der Waals surface area contributed by atoms with Crippen LogP contribution in [0.15, 0.2) is 24.3 Å². The zero-order chi connectivity index (χ0) is 12.3. The smallest absolute Gasteiger partial charge is 0.0415 e. The van der Waals surface area contributed by atoms with Gasteiger partial charge < -0.3 is 15.5 Å². The summed E-state index contributed by atoms with van der Waals surface area (Å²) in [6.07, 6.45) is 0. The lowest BCUT2D eigenvalue weighted by molar-refractivity contribution is 0.271. The normalized spacial score (nSPS) is 19.4. The number of likely N-dealkylation sites (N-methyl/N-ethyl adjacent to an activating group) is 1. The third kappa shape index (κ3) is 2.79. The van der Waals surface area contributed by atoms with Gasteiger partial charge in [0.15, 0.2) is 0 Å². The Bertz CT molecular complexity index is 354. The highest BCUT2D eigenvalue weighted by Gasteiger charge is 2.18. The second-order valence-corrected chi connectivity index (χ2v) is 4.77. The van der Waals surface area contributed by atoms with Crippen molar-refractivity contribution in [1.82, 2.24) is 4.90 Å². The van der Waals surface area contributed by atoms with Gasteiger partial charge in [-0.25, -0.2) is 0 Å². The first-order valence-corrected chi connectivity index (χ1v) is 6.54. The highest BCUT2D eigenvalue weighted by atomic mass is 15.3. The van der Waals surface area contributed by atoms with Gasteiger partial charge in [0.2, 0.25) is 0 Å². The molecule has 0 spiro atoms. The number of nitrogens with zero attached hydrogens (tertiary/aromatic N) is 2. The maximum Gasteiger partial charge on any atom is 0.0415 e. The summed E-state index contributed by atoms with van der Waals surface area (Å²) in [5, 5.41) is 0. The van der Waals surface area contributed by atoms with Crippen LogP contribution in [0, 0.1) is 0 Å². The van der Waals surface area contributed by atoms with Crippen molar-refractivity contribution in [1.29, 1.82) is 0 Å². The van der Waals surface area contributed by atoms with E-state index in [-0.39, 0.29) is 6.04 Å². The van der Waals surface area contributed by atoms with Crippen molar-refractivity contribution in [2.75, 3.05) is 37.6 Å². The molecule has 17 heavy (non-hydrogen) atoms. The molecule has 0 amide bonds. The predicted octanol–water partition coefficient (Wildman–Crippen LogP) is 1.85. The van der Waals surface area contributed by atoms with Crippen molar-refractivity contribution < 1.29 is 0 Å². The molecule has 0 saturated carbocycles. The van der Waals surface area contributed by atoms with Crippen molar-refractivity contribution in [3.05, 3.63) is 29.8 Å². The van der Waals surface area contributed by atoms with E-state index in [1.807, 2.05) is 0 Å². The van der Waals surface area contributed by atoms with Crippen LogP contribution in [0.5, 0.6) is 0 Å². The summed E-state index contributed by atoms with van der Waals surface area (Å²) in [5.41, 5.74) is 8.62. The van der Waals surface area contributed by atoms with Crippen LogP contribution in [0.3, 0.4) is 0 Å². The van der Waals surface area contributed by atoms with E-state index in [4.69, 9.17) is 5.73 Å². The van der Waals surface area contributed by atoms with Crippen LogP contribution in [0.1, 0.15) is 25.5 Å². The summed E-state index contributed by atoms with van der Waals surface area (Å²) in [7, 11) is 0. The molecule has 1 aliphatic rings. The largest absolute Gasteiger partial charge is 0.369 e. The molecular weight excluding hydrogens is 210 g/mol. The Labute approximate surface area is 104 Å². The lowest BCUT2D eigenvalue weighted by Gasteiger charge is -2.36. The highest BCUT2D eigenvalue weighted by molar-refractivity contribution is 5.55. The van der Waals surface area contributed by atoms with Crippen molar-refractivity contribution in [3.8, 4) is 0 Å². The van der Waals surface area contributed by atoms with Crippen LogP contribution >= 0.6 is 0 Å². The van der Waals surface area contributed by atoms with Gasteiger partial charge in [0.1, 0.15) is 0 Å². The summed E-state index contributed by atoms with van der Waals surface area (Å²) in [6, 6.07) is 8.63. The summed E-state index contributed by atoms with van der Waals surface area (Å²) < 4.78 is 0. The molecule has 0 aliphatic carbocycles. The monoisotopic (exact) mass is 233 g/mol. The third-order valence-electron chi connectivity index (χ3n) is 3.59. The van der Waals surface area contributed by atoms with Gasteiger partial charge in [0, 0.05) is 37.9 Å². The van der Waals surface area contributed by atoms with E-state index >= 15 is 0 Å².